The van der Waals surface area contributed by atoms with Crippen molar-refractivity contribution in [1.29, 1.82) is 0 Å². The summed E-state index contributed by atoms with van der Waals surface area (Å²) in [5.41, 5.74) is -0.0338. The normalized spacial score (nSPS) is 11.9. The predicted molar refractivity (Wildman–Crippen MR) is 72.5 cm³/mol. The van der Waals surface area contributed by atoms with Crippen molar-refractivity contribution in [2.24, 2.45) is 0 Å². The van der Waals surface area contributed by atoms with Crippen LogP contribution in [0.3, 0.4) is 0 Å². The van der Waals surface area contributed by atoms with Crippen LogP contribution in [0.4, 0.5) is 17.3 Å². The SMILES string of the molecule is CCS(=O)CCNc1cc([N+](=O)[O-])cc(NC)n1. The Kier molecular flexibility index (Phi) is 5.50. The number of aromatic nitrogens is 1. The summed E-state index contributed by atoms with van der Waals surface area (Å²) in [7, 11) is 0.779. The summed E-state index contributed by atoms with van der Waals surface area (Å²) < 4.78 is 11.2. The summed E-state index contributed by atoms with van der Waals surface area (Å²) in [6, 6.07) is 2.71. The molecule has 0 saturated carbocycles. The van der Waals surface area contributed by atoms with Gasteiger partial charge in [-0.3, -0.25) is 14.3 Å². The standard InChI is InChI=1S/C10H16N4O3S/c1-3-18(17)5-4-12-10-7-8(14(15)16)6-9(11-2)13-10/h6-7H,3-5H2,1-2H3,(H2,11,12,13). The zero-order chi connectivity index (χ0) is 13.5. The molecule has 0 aromatic carbocycles. The summed E-state index contributed by atoms with van der Waals surface area (Å²) >= 11 is 0. The van der Waals surface area contributed by atoms with Gasteiger partial charge in [-0.15, -0.1) is 0 Å². The zero-order valence-electron chi connectivity index (χ0n) is 10.3. The van der Waals surface area contributed by atoms with Crippen LogP contribution in [-0.2, 0) is 10.8 Å². The number of hydrogen-bond donors (Lipinski definition) is 2. The van der Waals surface area contributed by atoms with E-state index in [-0.39, 0.29) is 5.69 Å². The number of rotatable bonds is 7. The van der Waals surface area contributed by atoms with Gasteiger partial charge in [0.05, 0.1) is 17.1 Å². The summed E-state index contributed by atoms with van der Waals surface area (Å²) in [5.74, 6) is 1.92. The van der Waals surface area contributed by atoms with Crippen LogP contribution in [-0.4, -0.2) is 39.2 Å². The molecule has 1 aromatic heterocycles. The number of pyridine rings is 1. The molecule has 2 N–H and O–H groups in total. The molecule has 1 aromatic rings. The molecule has 0 fully saturated rings. The average molecular weight is 272 g/mol. The maximum Gasteiger partial charge on any atom is 0.276 e. The molecule has 0 amide bonds. The van der Waals surface area contributed by atoms with Gasteiger partial charge in [-0.1, -0.05) is 6.92 Å². The van der Waals surface area contributed by atoms with Gasteiger partial charge in [0.25, 0.3) is 5.69 Å². The molecule has 0 saturated heterocycles. The minimum atomic E-state index is -0.862. The van der Waals surface area contributed by atoms with E-state index < -0.39 is 15.7 Å². The highest BCUT2D eigenvalue weighted by atomic mass is 32.2. The highest BCUT2D eigenvalue weighted by Crippen LogP contribution is 2.19. The molecule has 100 valence electrons. The van der Waals surface area contributed by atoms with Crippen LogP contribution >= 0.6 is 0 Å². The van der Waals surface area contributed by atoms with E-state index in [1.807, 2.05) is 6.92 Å². The van der Waals surface area contributed by atoms with E-state index >= 15 is 0 Å². The maximum absolute atomic E-state index is 11.2. The minimum Gasteiger partial charge on any atom is -0.373 e. The topological polar surface area (TPSA) is 97.2 Å². The lowest BCUT2D eigenvalue weighted by Gasteiger charge is -2.07. The number of nitro groups is 1. The van der Waals surface area contributed by atoms with Crippen LogP contribution in [0.5, 0.6) is 0 Å². The molecule has 0 aliphatic carbocycles. The Balaban J connectivity index is 2.72. The van der Waals surface area contributed by atoms with E-state index in [4.69, 9.17) is 0 Å². The summed E-state index contributed by atoms with van der Waals surface area (Å²) in [5, 5.41) is 16.4. The van der Waals surface area contributed by atoms with Crippen LogP contribution in [0, 0.1) is 10.1 Å². The van der Waals surface area contributed by atoms with E-state index in [1.165, 1.54) is 12.1 Å². The van der Waals surface area contributed by atoms with E-state index in [9.17, 15) is 14.3 Å². The monoisotopic (exact) mass is 272 g/mol. The van der Waals surface area contributed by atoms with E-state index in [0.29, 0.717) is 29.7 Å². The van der Waals surface area contributed by atoms with Crippen molar-refractivity contribution in [2.45, 2.75) is 6.92 Å². The minimum absolute atomic E-state index is 0.0338. The van der Waals surface area contributed by atoms with Crippen molar-refractivity contribution in [3.8, 4) is 0 Å². The fourth-order valence-electron chi connectivity index (χ4n) is 1.28. The second-order valence-electron chi connectivity index (χ2n) is 3.46. The van der Waals surface area contributed by atoms with Crippen molar-refractivity contribution in [1.82, 2.24) is 4.98 Å². The predicted octanol–water partition coefficient (Wildman–Crippen LogP) is 1.21. The lowest BCUT2D eigenvalue weighted by molar-refractivity contribution is -0.384. The molecule has 1 heterocycles. The fraction of sp³-hybridized carbons (Fsp3) is 0.500. The quantitative estimate of drug-likeness (QED) is 0.572. The molecule has 7 nitrogen and oxygen atoms in total. The van der Waals surface area contributed by atoms with Gasteiger partial charge in [0.1, 0.15) is 11.6 Å². The molecular formula is C10H16N4O3S. The second-order valence-corrected chi connectivity index (χ2v) is 5.33. The first-order valence-corrected chi connectivity index (χ1v) is 6.98. The number of nitrogens with zero attached hydrogens (tertiary/aromatic N) is 2. The fourth-order valence-corrected chi connectivity index (χ4v) is 1.90. The van der Waals surface area contributed by atoms with Gasteiger partial charge in [-0.25, -0.2) is 4.98 Å². The van der Waals surface area contributed by atoms with Gasteiger partial charge >= 0.3 is 0 Å². The maximum atomic E-state index is 11.2. The third kappa shape index (κ3) is 4.28. The summed E-state index contributed by atoms with van der Waals surface area (Å²) in [4.78, 5) is 14.4. The van der Waals surface area contributed by atoms with Crippen molar-refractivity contribution >= 4 is 28.1 Å². The molecule has 1 rings (SSSR count). The summed E-state index contributed by atoms with van der Waals surface area (Å²) in [6.07, 6.45) is 0. The first kappa shape index (κ1) is 14.4. The Labute approximate surface area is 108 Å². The van der Waals surface area contributed by atoms with Gasteiger partial charge in [-0.2, -0.15) is 0 Å². The Bertz CT molecular complexity index is 453. The van der Waals surface area contributed by atoms with Crippen LogP contribution in [0.25, 0.3) is 0 Å². The Morgan fingerprint density at radius 2 is 2.11 bits per heavy atom. The third-order valence-electron chi connectivity index (χ3n) is 2.23. The Morgan fingerprint density at radius 3 is 2.67 bits per heavy atom. The van der Waals surface area contributed by atoms with Crippen LogP contribution in [0.2, 0.25) is 0 Å². The molecule has 8 heteroatoms. The smallest absolute Gasteiger partial charge is 0.276 e. The van der Waals surface area contributed by atoms with Gasteiger partial charge < -0.3 is 10.6 Å². The van der Waals surface area contributed by atoms with Crippen molar-refractivity contribution in [3.05, 3.63) is 22.2 Å². The summed E-state index contributed by atoms with van der Waals surface area (Å²) in [6.45, 7) is 2.32. The first-order chi connectivity index (χ1) is 8.56. The molecular weight excluding hydrogens is 256 g/mol. The Hall–Kier alpha value is -1.70. The molecule has 18 heavy (non-hydrogen) atoms. The van der Waals surface area contributed by atoms with Crippen LogP contribution in [0.1, 0.15) is 6.92 Å². The Morgan fingerprint density at radius 1 is 1.44 bits per heavy atom. The lowest BCUT2D eigenvalue weighted by Crippen LogP contribution is -2.13. The van der Waals surface area contributed by atoms with Crippen LogP contribution in [0.15, 0.2) is 12.1 Å². The van der Waals surface area contributed by atoms with E-state index in [2.05, 4.69) is 15.6 Å². The molecule has 0 bridgehead atoms. The average Bonchev–Trinajstić information content (AvgIpc) is 2.37. The molecule has 1 unspecified atom stereocenters. The highest BCUT2D eigenvalue weighted by Gasteiger charge is 2.10. The molecule has 0 spiro atoms. The third-order valence-corrected chi connectivity index (χ3v) is 3.54. The van der Waals surface area contributed by atoms with Crippen molar-refractivity contribution in [2.75, 3.05) is 35.7 Å². The van der Waals surface area contributed by atoms with Crippen LogP contribution < -0.4 is 10.6 Å². The van der Waals surface area contributed by atoms with Gasteiger partial charge in [0, 0.05) is 35.9 Å². The molecule has 0 radical (unpaired) electrons. The molecule has 0 aliphatic heterocycles. The van der Waals surface area contributed by atoms with Gasteiger partial charge in [0.2, 0.25) is 0 Å². The van der Waals surface area contributed by atoms with Crippen molar-refractivity contribution in [3.63, 3.8) is 0 Å². The second kappa shape index (κ2) is 6.90. The number of nitrogens with one attached hydrogen (secondary N) is 2. The first-order valence-electron chi connectivity index (χ1n) is 5.50. The van der Waals surface area contributed by atoms with Gasteiger partial charge in [-0.05, 0) is 0 Å². The number of anilines is 2. The number of hydrogen-bond acceptors (Lipinski definition) is 6. The van der Waals surface area contributed by atoms with Gasteiger partial charge in [0.15, 0.2) is 0 Å². The van der Waals surface area contributed by atoms with E-state index in [1.54, 1.807) is 7.05 Å². The zero-order valence-corrected chi connectivity index (χ0v) is 11.1. The van der Waals surface area contributed by atoms with E-state index in [0.717, 1.165) is 0 Å². The highest BCUT2D eigenvalue weighted by molar-refractivity contribution is 7.84. The largest absolute Gasteiger partial charge is 0.373 e. The van der Waals surface area contributed by atoms with Crippen molar-refractivity contribution < 1.29 is 9.13 Å². The molecule has 0 aliphatic rings. The lowest BCUT2D eigenvalue weighted by atomic mass is 10.3. The molecule has 1 atom stereocenters.